The van der Waals surface area contributed by atoms with Gasteiger partial charge in [0.2, 0.25) is 5.71 Å². The summed E-state index contributed by atoms with van der Waals surface area (Å²) in [7, 11) is 0. The molecule has 4 heterocycles. The topological polar surface area (TPSA) is 51.8 Å². The Morgan fingerprint density at radius 1 is 0.609 bits per heavy atom. The minimum atomic E-state index is 0.622. The summed E-state index contributed by atoms with van der Waals surface area (Å²) in [6.07, 6.45) is 5.33. The maximum Gasteiger partial charge on any atom is 0.227 e. The molecule has 0 N–H and O–H groups in total. The van der Waals surface area contributed by atoms with Crippen LogP contribution in [0.5, 0.6) is 0 Å². The number of rotatable bonds is 1. The highest BCUT2D eigenvalue weighted by atomic mass is 16.3. The second-order valence-corrected chi connectivity index (χ2v) is 5.38. The van der Waals surface area contributed by atoms with Crippen molar-refractivity contribution in [3.05, 3.63) is 67.1 Å². The normalized spacial score (nSPS) is 11.5. The third-order valence-electron chi connectivity index (χ3n) is 4.06. The van der Waals surface area contributed by atoms with E-state index in [4.69, 9.17) is 4.42 Å². The number of hydrogen-bond acceptors (Lipinski definition) is 4. The van der Waals surface area contributed by atoms with E-state index in [-0.39, 0.29) is 0 Å². The largest absolute Gasteiger partial charge is 0.435 e. The smallest absolute Gasteiger partial charge is 0.227 e. The molecule has 0 bridgehead atoms. The first-order valence-corrected chi connectivity index (χ1v) is 7.38. The lowest BCUT2D eigenvalue weighted by atomic mass is 10.1. The summed E-state index contributed by atoms with van der Waals surface area (Å²) in [4.78, 5) is 13.4. The van der Waals surface area contributed by atoms with E-state index < -0.39 is 0 Å². The molecule has 0 aliphatic carbocycles. The van der Waals surface area contributed by atoms with E-state index in [1.165, 1.54) is 0 Å². The summed E-state index contributed by atoms with van der Waals surface area (Å²) in [5, 5.41) is 4.19. The first-order valence-electron chi connectivity index (χ1n) is 7.38. The lowest BCUT2D eigenvalue weighted by molar-refractivity contribution is 0.653. The van der Waals surface area contributed by atoms with Gasteiger partial charge in [-0.1, -0.05) is 24.3 Å². The van der Waals surface area contributed by atoms with Crippen molar-refractivity contribution < 1.29 is 4.42 Å². The van der Waals surface area contributed by atoms with Crippen molar-refractivity contribution >= 4 is 32.8 Å². The summed E-state index contributed by atoms with van der Waals surface area (Å²) < 4.78 is 5.97. The zero-order valence-electron chi connectivity index (χ0n) is 12.1. The third-order valence-corrected chi connectivity index (χ3v) is 4.06. The second kappa shape index (κ2) is 4.61. The molecule has 0 aliphatic heterocycles. The van der Waals surface area contributed by atoms with Gasteiger partial charge in [0, 0.05) is 34.7 Å². The number of hydrogen-bond donors (Lipinski definition) is 0. The Hall–Kier alpha value is -3.27. The van der Waals surface area contributed by atoms with Crippen LogP contribution in [0.2, 0.25) is 0 Å². The highest BCUT2D eigenvalue weighted by molar-refractivity contribution is 6.09. The van der Waals surface area contributed by atoms with Crippen molar-refractivity contribution in [2.45, 2.75) is 0 Å². The van der Waals surface area contributed by atoms with E-state index >= 15 is 0 Å². The number of benzene rings is 1. The molecule has 23 heavy (non-hydrogen) atoms. The zero-order valence-corrected chi connectivity index (χ0v) is 12.1. The van der Waals surface area contributed by atoms with Crippen LogP contribution in [-0.4, -0.2) is 15.0 Å². The first kappa shape index (κ1) is 12.3. The van der Waals surface area contributed by atoms with Crippen molar-refractivity contribution in [2.24, 2.45) is 0 Å². The summed E-state index contributed by atoms with van der Waals surface area (Å²) in [6.45, 7) is 0. The van der Waals surface area contributed by atoms with Gasteiger partial charge in [0.05, 0.1) is 0 Å². The molecule has 0 unspecified atom stereocenters. The van der Waals surface area contributed by atoms with Crippen LogP contribution >= 0.6 is 0 Å². The molecule has 4 nitrogen and oxygen atoms in total. The molecule has 0 spiro atoms. The summed E-state index contributed by atoms with van der Waals surface area (Å²) in [6, 6.07) is 16.0. The van der Waals surface area contributed by atoms with Gasteiger partial charge in [0.15, 0.2) is 5.58 Å². The maximum atomic E-state index is 5.97. The van der Waals surface area contributed by atoms with Crippen LogP contribution < -0.4 is 0 Å². The number of fused-ring (bicyclic) bond motifs is 4. The van der Waals surface area contributed by atoms with Gasteiger partial charge in [-0.3, -0.25) is 9.97 Å². The van der Waals surface area contributed by atoms with Crippen LogP contribution in [0.1, 0.15) is 0 Å². The Morgan fingerprint density at radius 3 is 2.43 bits per heavy atom. The van der Waals surface area contributed by atoms with Crippen molar-refractivity contribution in [2.75, 3.05) is 0 Å². The van der Waals surface area contributed by atoms with Crippen LogP contribution in [0.4, 0.5) is 0 Å². The van der Waals surface area contributed by atoms with Crippen molar-refractivity contribution in [3.8, 4) is 11.4 Å². The zero-order chi connectivity index (χ0) is 15.2. The molecule has 0 amide bonds. The van der Waals surface area contributed by atoms with E-state index in [0.29, 0.717) is 5.71 Å². The molecule has 1 aromatic carbocycles. The number of furan rings is 1. The molecule has 4 aromatic heterocycles. The lowest BCUT2D eigenvalue weighted by Crippen LogP contribution is -1.89. The highest BCUT2D eigenvalue weighted by Gasteiger charge is 2.16. The Morgan fingerprint density at radius 2 is 1.43 bits per heavy atom. The number of aromatic nitrogens is 3. The summed E-state index contributed by atoms with van der Waals surface area (Å²) in [5.41, 5.74) is 2.92. The molecule has 5 aromatic rings. The van der Waals surface area contributed by atoms with Crippen LogP contribution in [0.3, 0.4) is 0 Å². The Labute approximate surface area is 131 Å². The predicted octanol–water partition coefficient (Wildman–Crippen LogP) is 4.59. The van der Waals surface area contributed by atoms with Crippen LogP contribution in [0.25, 0.3) is 44.2 Å². The van der Waals surface area contributed by atoms with E-state index in [0.717, 1.165) is 38.5 Å². The minimum Gasteiger partial charge on any atom is -0.435 e. The SMILES string of the molecule is c1ccc2c(-c3nccc4c3oc3ncccc34)nccc2c1. The van der Waals surface area contributed by atoms with Gasteiger partial charge in [-0.15, -0.1) is 0 Å². The summed E-state index contributed by atoms with van der Waals surface area (Å²) >= 11 is 0. The fraction of sp³-hybridized carbons (Fsp3) is 0. The molecule has 0 aliphatic rings. The fourth-order valence-electron chi connectivity index (χ4n) is 3.01. The lowest BCUT2D eigenvalue weighted by Gasteiger charge is -2.05. The second-order valence-electron chi connectivity index (χ2n) is 5.38. The van der Waals surface area contributed by atoms with Gasteiger partial charge in [0.25, 0.3) is 0 Å². The van der Waals surface area contributed by atoms with Gasteiger partial charge in [-0.05, 0) is 29.7 Å². The van der Waals surface area contributed by atoms with Gasteiger partial charge < -0.3 is 4.42 Å². The molecular formula is C19H11N3O. The Kier molecular flexibility index (Phi) is 2.46. The van der Waals surface area contributed by atoms with E-state index in [1.807, 2.05) is 36.4 Å². The average molecular weight is 297 g/mol. The molecule has 0 saturated heterocycles. The Balaban J connectivity index is 1.93. The number of nitrogens with zero attached hydrogens (tertiary/aromatic N) is 3. The minimum absolute atomic E-state index is 0.622. The van der Waals surface area contributed by atoms with Crippen molar-refractivity contribution in [1.29, 1.82) is 0 Å². The van der Waals surface area contributed by atoms with Crippen LogP contribution in [0, 0.1) is 0 Å². The molecule has 4 heteroatoms. The summed E-state index contributed by atoms with van der Waals surface area (Å²) in [5.74, 6) is 0. The van der Waals surface area contributed by atoms with Gasteiger partial charge in [0.1, 0.15) is 11.4 Å². The van der Waals surface area contributed by atoms with Crippen LogP contribution in [0.15, 0.2) is 71.5 Å². The van der Waals surface area contributed by atoms with Gasteiger partial charge >= 0.3 is 0 Å². The average Bonchev–Trinajstić information content (AvgIpc) is 3.00. The predicted molar refractivity (Wildman–Crippen MR) is 90.0 cm³/mol. The van der Waals surface area contributed by atoms with E-state index in [2.05, 4.69) is 27.1 Å². The first-order chi connectivity index (χ1) is 11.4. The monoisotopic (exact) mass is 297 g/mol. The van der Waals surface area contributed by atoms with E-state index in [1.54, 1.807) is 18.6 Å². The highest BCUT2D eigenvalue weighted by Crippen LogP contribution is 2.34. The molecule has 5 rings (SSSR count). The standard InChI is InChI=1S/C19H11N3O/c1-2-5-13-12(4-1)7-10-20-16(13)17-18-14(8-11-21-17)15-6-3-9-22-19(15)23-18/h1-11H. The molecule has 108 valence electrons. The quantitative estimate of drug-likeness (QED) is 0.454. The Bertz CT molecular complexity index is 1170. The maximum absolute atomic E-state index is 5.97. The van der Waals surface area contributed by atoms with E-state index in [9.17, 15) is 0 Å². The molecular weight excluding hydrogens is 286 g/mol. The van der Waals surface area contributed by atoms with Gasteiger partial charge in [-0.25, -0.2) is 4.98 Å². The van der Waals surface area contributed by atoms with Crippen molar-refractivity contribution in [1.82, 2.24) is 15.0 Å². The number of pyridine rings is 3. The van der Waals surface area contributed by atoms with Gasteiger partial charge in [-0.2, -0.15) is 0 Å². The molecule has 0 radical (unpaired) electrons. The van der Waals surface area contributed by atoms with Crippen LogP contribution in [-0.2, 0) is 0 Å². The van der Waals surface area contributed by atoms with Crippen molar-refractivity contribution in [3.63, 3.8) is 0 Å². The molecule has 0 fully saturated rings. The fourth-order valence-corrected chi connectivity index (χ4v) is 3.01. The third kappa shape index (κ3) is 1.75. The molecule has 0 saturated carbocycles. The molecule has 0 atom stereocenters.